The maximum Gasteiger partial charge on any atom is 0.144 e. The van der Waals surface area contributed by atoms with Gasteiger partial charge in [0.05, 0.1) is 6.42 Å². The summed E-state index contributed by atoms with van der Waals surface area (Å²) in [6.45, 7) is 1.92. The van der Waals surface area contributed by atoms with Crippen molar-refractivity contribution in [3.63, 3.8) is 0 Å². The summed E-state index contributed by atoms with van der Waals surface area (Å²) in [7, 11) is 0. The number of aromatic nitrogens is 2. The summed E-state index contributed by atoms with van der Waals surface area (Å²) in [5.74, 6) is 0.588. The van der Waals surface area contributed by atoms with E-state index in [4.69, 9.17) is 5.73 Å². The maximum atomic E-state index is 11.8. The minimum atomic E-state index is 0.143. The van der Waals surface area contributed by atoms with Crippen molar-refractivity contribution in [2.45, 2.75) is 19.8 Å². The first-order valence-electron chi connectivity index (χ1n) is 5.26. The second kappa shape index (κ2) is 5.05. The summed E-state index contributed by atoms with van der Waals surface area (Å²) in [6, 6.07) is 3.53. The third-order valence-corrected chi connectivity index (χ3v) is 3.23. The van der Waals surface area contributed by atoms with Gasteiger partial charge >= 0.3 is 0 Å². The molecule has 2 aromatic heterocycles. The molecule has 88 valence electrons. The largest absolute Gasteiger partial charge is 0.384 e. The Morgan fingerprint density at radius 3 is 2.94 bits per heavy atom. The van der Waals surface area contributed by atoms with E-state index in [-0.39, 0.29) is 5.78 Å². The highest BCUT2D eigenvalue weighted by Crippen LogP contribution is 2.11. The number of hydrogen-bond acceptors (Lipinski definition) is 5. The summed E-state index contributed by atoms with van der Waals surface area (Å²) in [4.78, 5) is 20.0. The Labute approximate surface area is 104 Å². The molecule has 0 atom stereocenters. The second-order valence-electron chi connectivity index (χ2n) is 3.86. The molecule has 0 aliphatic rings. The van der Waals surface area contributed by atoms with Gasteiger partial charge in [-0.15, -0.1) is 11.3 Å². The van der Waals surface area contributed by atoms with E-state index in [1.807, 2.05) is 12.3 Å². The van der Waals surface area contributed by atoms with E-state index in [9.17, 15) is 4.79 Å². The Morgan fingerprint density at radius 1 is 1.47 bits per heavy atom. The fourth-order valence-electron chi connectivity index (χ4n) is 1.55. The van der Waals surface area contributed by atoms with Crippen LogP contribution < -0.4 is 5.73 Å². The first kappa shape index (κ1) is 11.7. The fraction of sp³-hybridized carbons (Fsp3) is 0.250. The number of aryl methyl sites for hydroxylation is 1. The lowest BCUT2D eigenvalue weighted by atomic mass is 10.1. The van der Waals surface area contributed by atoms with E-state index in [0.717, 1.165) is 16.3 Å². The van der Waals surface area contributed by atoms with Crippen LogP contribution in [0.3, 0.4) is 0 Å². The maximum absolute atomic E-state index is 11.8. The van der Waals surface area contributed by atoms with Gasteiger partial charge in [0.25, 0.3) is 0 Å². The van der Waals surface area contributed by atoms with Gasteiger partial charge in [0.1, 0.15) is 16.6 Å². The Hall–Kier alpha value is -1.75. The smallest absolute Gasteiger partial charge is 0.144 e. The van der Waals surface area contributed by atoms with Crippen LogP contribution in [0.1, 0.15) is 16.3 Å². The number of carbonyl (C=O) groups excluding carboxylic acids is 1. The average molecular weight is 247 g/mol. The predicted molar refractivity (Wildman–Crippen MR) is 67.9 cm³/mol. The van der Waals surface area contributed by atoms with Crippen LogP contribution >= 0.6 is 11.3 Å². The summed E-state index contributed by atoms with van der Waals surface area (Å²) >= 11 is 1.52. The molecular weight excluding hydrogens is 234 g/mol. The first-order chi connectivity index (χ1) is 8.13. The number of nitrogen functional groups attached to an aromatic ring is 1. The molecule has 0 saturated carbocycles. The summed E-state index contributed by atoms with van der Waals surface area (Å²) < 4.78 is 0. The Balaban J connectivity index is 1.98. The number of carbonyl (C=O) groups is 1. The SMILES string of the molecule is Cc1csc(CC(=O)Cc2ccnc(N)c2)n1. The molecule has 0 fully saturated rings. The summed E-state index contributed by atoms with van der Waals surface area (Å²) in [5.41, 5.74) is 7.42. The predicted octanol–water partition coefficient (Wildman–Crippen LogP) is 1.78. The van der Waals surface area contributed by atoms with Crippen molar-refractivity contribution in [3.05, 3.63) is 40.0 Å². The Bertz CT molecular complexity index is 536. The third kappa shape index (κ3) is 3.35. The van der Waals surface area contributed by atoms with Crippen molar-refractivity contribution >= 4 is 22.9 Å². The Morgan fingerprint density at radius 2 is 2.29 bits per heavy atom. The van der Waals surface area contributed by atoms with E-state index in [0.29, 0.717) is 18.7 Å². The zero-order chi connectivity index (χ0) is 12.3. The van der Waals surface area contributed by atoms with E-state index in [2.05, 4.69) is 9.97 Å². The molecule has 17 heavy (non-hydrogen) atoms. The molecule has 2 N–H and O–H groups in total. The van der Waals surface area contributed by atoms with Gasteiger partial charge in [-0.1, -0.05) is 0 Å². The van der Waals surface area contributed by atoms with Crippen LogP contribution in [0.25, 0.3) is 0 Å². The van der Waals surface area contributed by atoms with Crippen molar-refractivity contribution in [2.24, 2.45) is 0 Å². The quantitative estimate of drug-likeness (QED) is 0.894. The molecule has 0 unspecified atom stereocenters. The topological polar surface area (TPSA) is 68.9 Å². The van der Waals surface area contributed by atoms with Crippen molar-refractivity contribution < 1.29 is 4.79 Å². The number of Topliss-reactive ketones (excluding diaryl/α,β-unsaturated/α-hetero) is 1. The number of hydrogen-bond donors (Lipinski definition) is 1. The molecule has 5 heteroatoms. The van der Waals surface area contributed by atoms with Crippen LogP contribution in [0.5, 0.6) is 0 Å². The van der Waals surface area contributed by atoms with E-state index in [1.165, 1.54) is 11.3 Å². The van der Waals surface area contributed by atoms with Crippen LogP contribution in [0.4, 0.5) is 5.82 Å². The molecule has 0 saturated heterocycles. The standard InChI is InChI=1S/C12H13N3OS/c1-8-7-17-12(15-8)6-10(16)4-9-2-3-14-11(13)5-9/h2-3,5,7H,4,6H2,1H3,(H2,13,14). The van der Waals surface area contributed by atoms with Crippen LogP contribution in [0.2, 0.25) is 0 Å². The molecule has 2 heterocycles. The minimum Gasteiger partial charge on any atom is -0.384 e. The lowest BCUT2D eigenvalue weighted by molar-refractivity contribution is -0.117. The van der Waals surface area contributed by atoms with Crippen molar-refractivity contribution in [1.29, 1.82) is 0 Å². The van der Waals surface area contributed by atoms with Gasteiger partial charge in [0.2, 0.25) is 0 Å². The van der Waals surface area contributed by atoms with Crippen LogP contribution in [0, 0.1) is 6.92 Å². The van der Waals surface area contributed by atoms with Crippen molar-refractivity contribution in [2.75, 3.05) is 5.73 Å². The van der Waals surface area contributed by atoms with E-state index < -0.39 is 0 Å². The highest BCUT2D eigenvalue weighted by molar-refractivity contribution is 7.09. The second-order valence-corrected chi connectivity index (χ2v) is 4.81. The number of nitrogens with two attached hydrogens (primary N) is 1. The third-order valence-electron chi connectivity index (χ3n) is 2.26. The van der Waals surface area contributed by atoms with Crippen LogP contribution in [0.15, 0.2) is 23.7 Å². The molecule has 2 rings (SSSR count). The van der Waals surface area contributed by atoms with Crippen molar-refractivity contribution in [3.8, 4) is 0 Å². The molecule has 4 nitrogen and oxygen atoms in total. The highest BCUT2D eigenvalue weighted by Gasteiger charge is 2.08. The van der Waals surface area contributed by atoms with Crippen LogP contribution in [-0.4, -0.2) is 15.8 Å². The summed E-state index contributed by atoms with van der Waals surface area (Å²) in [5, 5.41) is 2.82. The fourth-order valence-corrected chi connectivity index (χ4v) is 2.35. The lowest BCUT2D eigenvalue weighted by Crippen LogP contribution is -2.07. The monoisotopic (exact) mass is 247 g/mol. The van der Waals surface area contributed by atoms with Gasteiger partial charge in [0.15, 0.2) is 0 Å². The molecule has 0 aromatic carbocycles. The summed E-state index contributed by atoms with van der Waals surface area (Å²) in [6.07, 6.45) is 2.39. The number of nitrogens with zero attached hydrogens (tertiary/aromatic N) is 2. The van der Waals surface area contributed by atoms with Gasteiger partial charge in [-0.25, -0.2) is 9.97 Å². The molecule has 0 aliphatic carbocycles. The number of thiazole rings is 1. The number of anilines is 1. The van der Waals surface area contributed by atoms with Crippen molar-refractivity contribution in [1.82, 2.24) is 9.97 Å². The number of ketones is 1. The van der Waals surface area contributed by atoms with Gasteiger partial charge in [0, 0.05) is 23.7 Å². The van der Waals surface area contributed by atoms with E-state index in [1.54, 1.807) is 18.3 Å². The molecule has 0 radical (unpaired) electrons. The normalized spacial score (nSPS) is 10.4. The number of rotatable bonds is 4. The Kier molecular flexibility index (Phi) is 3.49. The molecular formula is C12H13N3OS. The van der Waals surface area contributed by atoms with Crippen LogP contribution in [-0.2, 0) is 17.6 Å². The first-order valence-corrected chi connectivity index (χ1v) is 6.14. The number of pyridine rings is 1. The zero-order valence-corrected chi connectivity index (χ0v) is 10.3. The van der Waals surface area contributed by atoms with Gasteiger partial charge in [-0.2, -0.15) is 0 Å². The molecule has 2 aromatic rings. The molecule has 0 spiro atoms. The zero-order valence-electron chi connectivity index (χ0n) is 9.51. The molecule has 0 bridgehead atoms. The minimum absolute atomic E-state index is 0.143. The van der Waals surface area contributed by atoms with E-state index >= 15 is 0 Å². The molecule has 0 amide bonds. The van der Waals surface area contributed by atoms with Gasteiger partial charge in [-0.3, -0.25) is 4.79 Å². The molecule has 0 aliphatic heterocycles. The lowest BCUT2D eigenvalue weighted by Gasteiger charge is -2.00. The van der Waals surface area contributed by atoms with Gasteiger partial charge < -0.3 is 5.73 Å². The average Bonchev–Trinajstić information content (AvgIpc) is 2.63. The highest BCUT2D eigenvalue weighted by atomic mass is 32.1. The van der Waals surface area contributed by atoms with Gasteiger partial charge in [-0.05, 0) is 24.6 Å².